The van der Waals surface area contributed by atoms with Crippen molar-refractivity contribution in [3.8, 4) is 55.9 Å². The van der Waals surface area contributed by atoms with Crippen LogP contribution in [-0.2, 0) is 0 Å². The van der Waals surface area contributed by atoms with E-state index in [9.17, 15) is 0 Å². The number of benzene rings is 7. The van der Waals surface area contributed by atoms with Gasteiger partial charge in [0, 0.05) is 53.2 Å². The van der Waals surface area contributed by atoms with Crippen LogP contribution in [0.3, 0.4) is 0 Å². The van der Waals surface area contributed by atoms with Crippen molar-refractivity contribution in [3.05, 3.63) is 158 Å². The Labute approximate surface area is 311 Å². The van der Waals surface area contributed by atoms with Gasteiger partial charge in [-0.15, -0.1) is 22.7 Å². The second kappa shape index (κ2) is 12.0. The summed E-state index contributed by atoms with van der Waals surface area (Å²) in [5.41, 5.74) is 8.86. The monoisotopic (exact) mass is 714 g/mol. The smallest absolute Gasteiger partial charge is 0.164 e. The molecule has 0 saturated carbocycles. The van der Waals surface area contributed by atoms with Crippen LogP contribution < -0.4 is 0 Å². The molecule has 0 aliphatic rings. The summed E-state index contributed by atoms with van der Waals surface area (Å²) in [5, 5.41) is 5.50. The molecule has 0 unspecified atom stereocenters. The normalized spacial score (nSPS) is 11.8. The van der Waals surface area contributed by atoms with E-state index in [0.717, 1.165) is 71.2 Å². The summed E-state index contributed by atoms with van der Waals surface area (Å²) >= 11 is 3.52. The highest BCUT2D eigenvalue weighted by Gasteiger charge is 2.20. The van der Waals surface area contributed by atoms with E-state index in [4.69, 9.17) is 24.4 Å². The average molecular weight is 715 g/mol. The van der Waals surface area contributed by atoms with Crippen molar-refractivity contribution in [3.63, 3.8) is 0 Å². The Bertz CT molecular complexity index is 3160. The average Bonchev–Trinajstić information content (AvgIpc) is 3.94. The highest BCUT2D eigenvalue weighted by atomic mass is 32.1. The van der Waals surface area contributed by atoms with Crippen molar-refractivity contribution >= 4 is 75.0 Å². The van der Waals surface area contributed by atoms with E-state index in [1.54, 1.807) is 22.7 Å². The third-order valence-corrected chi connectivity index (χ3v) is 12.0. The molecular weight excluding hydrogens is 689 g/mol. The molecule has 53 heavy (non-hydrogen) atoms. The number of thiophene rings is 1. The zero-order valence-electron chi connectivity index (χ0n) is 28.0. The summed E-state index contributed by atoms with van der Waals surface area (Å²) in [4.78, 5) is 20.4. The molecule has 7 heteroatoms. The van der Waals surface area contributed by atoms with E-state index < -0.39 is 0 Å². The first-order chi connectivity index (χ1) is 26.2. The maximum absolute atomic E-state index is 6.27. The lowest BCUT2D eigenvalue weighted by Crippen LogP contribution is -2.00. The number of fused-ring (bicyclic) bond motifs is 7. The van der Waals surface area contributed by atoms with Crippen LogP contribution in [0, 0.1) is 0 Å². The van der Waals surface area contributed by atoms with Crippen molar-refractivity contribution in [2.75, 3.05) is 0 Å². The third-order valence-electron chi connectivity index (χ3n) is 9.78. The Morgan fingerprint density at radius 1 is 0.377 bits per heavy atom. The fourth-order valence-corrected chi connectivity index (χ4v) is 9.44. The van der Waals surface area contributed by atoms with Crippen LogP contribution in [0.4, 0.5) is 0 Å². The van der Waals surface area contributed by atoms with Crippen LogP contribution in [0.15, 0.2) is 162 Å². The molecule has 0 amide bonds. The molecular formula is C46H26N4OS2. The number of hydrogen-bond donors (Lipinski definition) is 0. The topological polar surface area (TPSA) is 64.7 Å². The van der Waals surface area contributed by atoms with Gasteiger partial charge < -0.3 is 4.42 Å². The molecule has 5 nitrogen and oxygen atoms in total. The van der Waals surface area contributed by atoms with Gasteiger partial charge in [-0.1, -0.05) is 109 Å². The predicted octanol–water partition coefficient (Wildman–Crippen LogP) is 13.1. The summed E-state index contributed by atoms with van der Waals surface area (Å²) in [6, 6.07) is 54.6. The minimum Gasteiger partial charge on any atom is -0.456 e. The van der Waals surface area contributed by atoms with Crippen LogP contribution >= 0.6 is 22.7 Å². The molecule has 11 rings (SSSR count). The van der Waals surface area contributed by atoms with Gasteiger partial charge in [-0.2, -0.15) is 0 Å². The first kappa shape index (κ1) is 30.1. The quantitative estimate of drug-likeness (QED) is 0.178. The molecule has 4 aromatic heterocycles. The molecule has 4 heterocycles. The predicted molar refractivity (Wildman–Crippen MR) is 220 cm³/mol. The highest BCUT2D eigenvalue weighted by molar-refractivity contribution is 7.26. The van der Waals surface area contributed by atoms with Crippen molar-refractivity contribution in [2.24, 2.45) is 0 Å². The Morgan fingerprint density at radius 2 is 1.02 bits per heavy atom. The summed E-state index contributed by atoms with van der Waals surface area (Å²) in [6.45, 7) is 0. The molecule has 7 aromatic carbocycles. The zero-order chi connectivity index (χ0) is 34.9. The van der Waals surface area contributed by atoms with Gasteiger partial charge in [0.1, 0.15) is 16.2 Å². The van der Waals surface area contributed by atoms with Crippen LogP contribution in [-0.4, -0.2) is 19.9 Å². The standard InChI is InChI=1S/C46H26N4OS2/c1-2-11-27(12-3-1)43-48-44(29-23-24-33-32-15-4-6-19-36(32)51-37(33)26-29)50-45(49-43)34-17-10-22-40-42(34)41-31(16-9-21-39(41)52-40)28-13-8-14-30(25-28)46-47-35-18-5-7-20-38(35)53-46/h1-26H. The lowest BCUT2D eigenvalue weighted by Gasteiger charge is -2.11. The van der Waals surface area contributed by atoms with Crippen molar-refractivity contribution in [2.45, 2.75) is 0 Å². The molecule has 0 N–H and O–H groups in total. The summed E-state index contributed by atoms with van der Waals surface area (Å²) in [5.74, 6) is 1.84. The van der Waals surface area contributed by atoms with Gasteiger partial charge in [-0.25, -0.2) is 19.9 Å². The largest absolute Gasteiger partial charge is 0.456 e. The molecule has 0 aliphatic heterocycles. The van der Waals surface area contributed by atoms with Crippen LogP contribution in [0.2, 0.25) is 0 Å². The van der Waals surface area contributed by atoms with E-state index >= 15 is 0 Å². The van der Waals surface area contributed by atoms with Crippen molar-refractivity contribution < 1.29 is 4.42 Å². The first-order valence-corrected chi connectivity index (χ1v) is 19.0. The first-order valence-electron chi connectivity index (χ1n) is 17.4. The Balaban J connectivity index is 1.11. The van der Waals surface area contributed by atoms with Gasteiger partial charge in [-0.05, 0) is 59.7 Å². The molecule has 248 valence electrons. The fraction of sp³-hybridized carbons (Fsp3) is 0. The lowest BCUT2D eigenvalue weighted by molar-refractivity contribution is 0.669. The molecule has 11 aromatic rings. The number of aromatic nitrogens is 4. The van der Waals surface area contributed by atoms with E-state index in [-0.39, 0.29) is 0 Å². The maximum atomic E-state index is 6.27. The minimum atomic E-state index is 0.594. The van der Waals surface area contributed by atoms with Gasteiger partial charge in [0.05, 0.1) is 10.2 Å². The van der Waals surface area contributed by atoms with Gasteiger partial charge in [0.25, 0.3) is 0 Å². The van der Waals surface area contributed by atoms with E-state index in [0.29, 0.717) is 17.5 Å². The summed E-state index contributed by atoms with van der Waals surface area (Å²) in [6.07, 6.45) is 0. The number of hydrogen-bond acceptors (Lipinski definition) is 7. The van der Waals surface area contributed by atoms with Gasteiger partial charge in [0.15, 0.2) is 17.5 Å². The second-order valence-electron chi connectivity index (χ2n) is 13.0. The van der Waals surface area contributed by atoms with Crippen LogP contribution in [0.5, 0.6) is 0 Å². The van der Waals surface area contributed by atoms with Crippen molar-refractivity contribution in [1.29, 1.82) is 0 Å². The molecule has 0 aliphatic carbocycles. The molecule has 0 radical (unpaired) electrons. The molecule has 0 fully saturated rings. The van der Waals surface area contributed by atoms with Gasteiger partial charge in [0.2, 0.25) is 0 Å². The number of furan rings is 1. The van der Waals surface area contributed by atoms with E-state index in [2.05, 4.69) is 97.1 Å². The van der Waals surface area contributed by atoms with Crippen molar-refractivity contribution in [1.82, 2.24) is 19.9 Å². The number of nitrogens with zero attached hydrogens (tertiary/aromatic N) is 4. The Morgan fingerprint density at radius 3 is 1.89 bits per heavy atom. The number of thiazole rings is 1. The molecule has 0 saturated heterocycles. The maximum Gasteiger partial charge on any atom is 0.164 e. The van der Waals surface area contributed by atoms with Crippen LogP contribution in [0.1, 0.15) is 0 Å². The SMILES string of the molecule is c1ccc(-c2nc(-c3ccc4c(c3)oc3ccccc34)nc(-c3cccc4sc5cccc(-c6cccc(-c7nc8ccccc8s7)c6)c5c34)n2)cc1. The van der Waals surface area contributed by atoms with Crippen LogP contribution in [0.25, 0.3) is 108 Å². The molecule has 0 atom stereocenters. The Hall–Kier alpha value is -6.54. The number of para-hydroxylation sites is 2. The van der Waals surface area contributed by atoms with E-state index in [1.165, 1.54) is 19.5 Å². The Kier molecular flexibility index (Phi) is 6.83. The second-order valence-corrected chi connectivity index (χ2v) is 15.1. The zero-order valence-corrected chi connectivity index (χ0v) is 29.7. The lowest BCUT2D eigenvalue weighted by atomic mass is 9.96. The minimum absolute atomic E-state index is 0.594. The highest BCUT2D eigenvalue weighted by Crippen LogP contribution is 2.45. The molecule has 0 spiro atoms. The third kappa shape index (κ3) is 5.04. The van der Waals surface area contributed by atoms with E-state index in [1.807, 2.05) is 60.7 Å². The number of rotatable bonds is 5. The van der Waals surface area contributed by atoms with Gasteiger partial charge in [-0.3, -0.25) is 0 Å². The van der Waals surface area contributed by atoms with Gasteiger partial charge >= 0.3 is 0 Å². The summed E-state index contributed by atoms with van der Waals surface area (Å²) < 4.78 is 9.85. The fourth-order valence-electron chi connectivity index (χ4n) is 7.32. The molecule has 0 bridgehead atoms. The summed E-state index contributed by atoms with van der Waals surface area (Å²) in [7, 11) is 0.